The van der Waals surface area contributed by atoms with E-state index in [1.165, 1.54) is 11.3 Å². The largest absolute Gasteiger partial charge is 0.481 e. The van der Waals surface area contributed by atoms with Crippen molar-refractivity contribution >= 4 is 34.2 Å². The average molecular weight is 460 g/mol. The van der Waals surface area contributed by atoms with Crippen molar-refractivity contribution in [2.45, 2.75) is 66.2 Å². The van der Waals surface area contributed by atoms with Crippen molar-refractivity contribution in [1.29, 1.82) is 0 Å². The van der Waals surface area contributed by atoms with Crippen LogP contribution in [0.3, 0.4) is 0 Å². The molecule has 3 aliphatic rings. The third kappa shape index (κ3) is 3.78. The maximum atomic E-state index is 13.5. The molecule has 1 aromatic rings. The number of carboxylic acid groups (broad SMARTS) is 1. The van der Waals surface area contributed by atoms with E-state index in [0.717, 1.165) is 60.1 Å². The molecule has 32 heavy (non-hydrogen) atoms. The number of nitrogens with one attached hydrogen (secondary N) is 1. The summed E-state index contributed by atoms with van der Waals surface area (Å²) in [6.07, 6.45) is 5.50. The molecule has 2 fully saturated rings. The van der Waals surface area contributed by atoms with E-state index in [4.69, 9.17) is 4.74 Å². The molecule has 3 aliphatic carbocycles. The van der Waals surface area contributed by atoms with Gasteiger partial charge in [0.15, 0.2) is 0 Å². The van der Waals surface area contributed by atoms with E-state index in [-0.39, 0.29) is 24.3 Å². The number of carbonyl (C=O) groups excluding carboxylic acids is 2. The predicted molar refractivity (Wildman–Crippen MR) is 124 cm³/mol. The van der Waals surface area contributed by atoms with E-state index < -0.39 is 23.8 Å². The lowest BCUT2D eigenvalue weighted by Gasteiger charge is -2.26. The standard InChI is InChI=1S/C25H33NO5S/c1-5-13-7-8-14-17(11-13)32-23(21(14)25(30)31-6-2)26-22(27)19-15-9-10-16(18(15)12(3)4)20(19)24(28)29/h13,15-16,19-20H,5-11H2,1-4H3,(H,26,27)(H,28,29)/t13-,15-,16+,19-,20+/m1/s1. The fourth-order valence-electron chi connectivity index (χ4n) is 6.31. The number of fused-ring (bicyclic) bond motifs is 3. The van der Waals surface area contributed by atoms with Crippen molar-refractivity contribution in [2.75, 3.05) is 11.9 Å². The van der Waals surface area contributed by atoms with Crippen LogP contribution < -0.4 is 5.32 Å². The minimum absolute atomic E-state index is 0.0313. The molecule has 2 bridgehead atoms. The molecule has 0 radical (unpaired) electrons. The number of carbonyl (C=O) groups is 3. The summed E-state index contributed by atoms with van der Waals surface area (Å²) < 4.78 is 5.33. The van der Waals surface area contributed by atoms with Gasteiger partial charge in [-0.3, -0.25) is 9.59 Å². The normalized spacial score (nSPS) is 28.4. The Morgan fingerprint density at radius 1 is 1.09 bits per heavy atom. The van der Waals surface area contributed by atoms with Gasteiger partial charge in [0.25, 0.3) is 0 Å². The van der Waals surface area contributed by atoms with Crippen molar-refractivity contribution < 1.29 is 24.2 Å². The first-order valence-electron chi connectivity index (χ1n) is 11.8. The van der Waals surface area contributed by atoms with Gasteiger partial charge in [0, 0.05) is 4.88 Å². The lowest BCUT2D eigenvalue weighted by Crippen LogP contribution is -2.38. The van der Waals surface area contributed by atoms with Crippen LogP contribution in [0.1, 0.15) is 74.2 Å². The number of allylic oxidation sites excluding steroid dienone is 2. The highest BCUT2D eigenvalue weighted by Crippen LogP contribution is 2.57. The molecule has 2 saturated carbocycles. The van der Waals surface area contributed by atoms with Crippen LogP contribution in [0.2, 0.25) is 0 Å². The Morgan fingerprint density at radius 3 is 2.38 bits per heavy atom. The van der Waals surface area contributed by atoms with Gasteiger partial charge < -0.3 is 15.2 Å². The van der Waals surface area contributed by atoms with Gasteiger partial charge in [-0.15, -0.1) is 11.3 Å². The molecule has 6 nitrogen and oxygen atoms in total. The van der Waals surface area contributed by atoms with E-state index >= 15 is 0 Å². The summed E-state index contributed by atoms with van der Waals surface area (Å²) in [5.74, 6) is -2.40. The van der Waals surface area contributed by atoms with Crippen LogP contribution >= 0.6 is 11.3 Å². The number of carboxylic acids is 1. The molecule has 7 heteroatoms. The Morgan fingerprint density at radius 2 is 1.78 bits per heavy atom. The molecule has 0 aliphatic heterocycles. The summed E-state index contributed by atoms with van der Waals surface area (Å²) in [4.78, 5) is 39.6. The Balaban J connectivity index is 1.67. The molecule has 1 aromatic heterocycles. The van der Waals surface area contributed by atoms with Crippen LogP contribution in [0.15, 0.2) is 11.1 Å². The number of amides is 1. The molecule has 1 heterocycles. The third-order valence-electron chi connectivity index (χ3n) is 7.67. The highest BCUT2D eigenvalue weighted by atomic mass is 32.1. The number of thiophene rings is 1. The second kappa shape index (κ2) is 9.00. The number of anilines is 1. The van der Waals surface area contributed by atoms with Gasteiger partial charge in [-0.05, 0) is 76.2 Å². The van der Waals surface area contributed by atoms with Crippen molar-refractivity contribution in [1.82, 2.24) is 0 Å². The first-order valence-corrected chi connectivity index (χ1v) is 12.6. The molecule has 4 rings (SSSR count). The summed E-state index contributed by atoms with van der Waals surface area (Å²) in [7, 11) is 0. The van der Waals surface area contributed by atoms with Gasteiger partial charge in [-0.25, -0.2) is 4.79 Å². The number of ether oxygens (including phenoxy) is 1. The average Bonchev–Trinajstić information content (AvgIpc) is 3.42. The third-order valence-corrected chi connectivity index (χ3v) is 8.84. The van der Waals surface area contributed by atoms with E-state index in [0.29, 0.717) is 16.5 Å². The van der Waals surface area contributed by atoms with Crippen molar-refractivity contribution in [2.24, 2.45) is 29.6 Å². The van der Waals surface area contributed by atoms with Crippen LogP contribution in [0.4, 0.5) is 5.00 Å². The fraction of sp³-hybridized carbons (Fsp3) is 0.640. The summed E-state index contributed by atoms with van der Waals surface area (Å²) in [6, 6.07) is 0. The molecule has 0 aromatic carbocycles. The Kier molecular flexibility index (Phi) is 6.48. The van der Waals surface area contributed by atoms with Crippen LogP contribution in [-0.2, 0) is 27.2 Å². The molecule has 5 atom stereocenters. The van der Waals surface area contributed by atoms with Gasteiger partial charge in [0.1, 0.15) is 5.00 Å². The fourth-order valence-corrected chi connectivity index (χ4v) is 7.66. The highest BCUT2D eigenvalue weighted by molar-refractivity contribution is 7.17. The lowest BCUT2D eigenvalue weighted by molar-refractivity contribution is -0.148. The van der Waals surface area contributed by atoms with Crippen LogP contribution in [-0.4, -0.2) is 29.6 Å². The minimum atomic E-state index is -0.905. The number of aliphatic carboxylic acids is 1. The number of rotatable bonds is 6. The first-order chi connectivity index (χ1) is 15.3. The lowest BCUT2D eigenvalue weighted by atomic mass is 9.78. The Bertz CT molecular complexity index is 973. The second-order valence-corrected chi connectivity index (χ2v) is 10.7. The number of hydrogen-bond donors (Lipinski definition) is 2. The zero-order valence-corrected chi connectivity index (χ0v) is 20.1. The molecule has 1 amide bonds. The molecular weight excluding hydrogens is 426 g/mol. The molecule has 2 N–H and O–H groups in total. The Labute approximate surface area is 193 Å². The number of hydrogen-bond acceptors (Lipinski definition) is 5. The first kappa shape index (κ1) is 23.0. The smallest absolute Gasteiger partial charge is 0.341 e. The Hall–Kier alpha value is -2.15. The van der Waals surface area contributed by atoms with Crippen molar-refractivity contribution in [3.63, 3.8) is 0 Å². The maximum Gasteiger partial charge on any atom is 0.341 e. The molecule has 0 unspecified atom stereocenters. The minimum Gasteiger partial charge on any atom is -0.481 e. The summed E-state index contributed by atoms with van der Waals surface area (Å²) in [6.45, 7) is 8.24. The summed E-state index contributed by atoms with van der Waals surface area (Å²) in [5.41, 5.74) is 3.76. The van der Waals surface area contributed by atoms with Crippen LogP contribution in [0.5, 0.6) is 0 Å². The van der Waals surface area contributed by atoms with Crippen LogP contribution in [0, 0.1) is 29.6 Å². The SMILES string of the molecule is CCOC(=O)c1c(NC(=O)[C@H]2[C@@H](C(=O)O)[C@H]3CC[C@@H]2C3=C(C)C)sc2c1CC[C@@H](CC)C2. The van der Waals surface area contributed by atoms with Gasteiger partial charge >= 0.3 is 11.9 Å². The highest BCUT2D eigenvalue weighted by Gasteiger charge is 2.57. The van der Waals surface area contributed by atoms with Crippen molar-refractivity contribution in [3.05, 3.63) is 27.2 Å². The molecule has 0 saturated heterocycles. The molecular formula is C25H33NO5S. The van der Waals surface area contributed by atoms with Gasteiger partial charge in [0.2, 0.25) is 5.91 Å². The molecule has 174 valence electrons. The van der Waals surface area contributed by atoms with Gasteiger partial charge in [0.05, 0.1) is 24.0 Å². The van der Waals surface area contributed by atoms with Gasteiger partial charge in [-0.1, -0.05) is 24.5 Å². The summed E-state index contributed by atoms with van der Waals surface area (Å²) >= 11 is 1.47. The van der Waals surface area contributed by atoms with Crippen molar-refractivity contribution in [3.8, 4) is 0 Å². The number of esters is 1. The topological polar surface area (TPSA) is 92.7 Å². The van der Waals surface area contributed by atoms with Crippen LogP contribution in [0.25, 0.3) is 0 Å². The maximum absolute atomic E-state index is 13.5. The second-order valence-electron chi connectivity index (χ2n) is 9.57. The van der Waals surface area contributed by atoms with E-state index in [9.17, 15) is 19.5 Å². The van der Waals surface area contributed by atoms with E-state index in [1.807, 2.05) is 13.8 Å². The monoisotopic (exact) mass is 459 g/mol. The quantitative estimate of drug-likeness (QED) is 0.458. The zero-order valence-electron chi connectivity index (χ0n) is 19.3. The predicted octanol–water partition coefficient (Wildman–Crippen LogP) is 5.07. The summed E-state index contributed by atoms with van der Waals surface area (Å²) in [5, 5.41) is 13.5. The van der Waals surface area contributed by atoms with Gasteiger partial charge in [-0.2, -0.15) is 0 Å². The zero-order chi connectivity index (χ0) is 23.2. The molecule has 0 spiro atoms. The van der Waals surface area contributed by atoms with E-state index in [2.05, 4.69) is 12.2 Å². The van der Waals surface area contributed by atoms with E-state index in [1.54, 1.807) is 6.92 Å².